The first-order valence-electron chi connectivity index (χ1n) is 8.93. The highest BCUT2D eigenvalue weighted by molar-refractivity contribution is 6.45. The Balaban J connectivity index is 1.57. The number of amidine groups is 1. The SMILES string of the molecule is COc1ccc(N2CCN(c3ccc(N/N=C(\C#N)C(=N)N)cc3)CC2)cc1. The van der Waals surface area contributed by atoms with Gasteiger partial charge in [-0.25, -0.2) is 0 Å². The molecule has 1 fully saturated rings. The van der Waals surface area contributed by atoms with E-state index in [9.17, 15) is 0 Å². The molecular weight excluding hydrogens is 354 g/mol. The Bertz CT molecular complexity index is 876. The zero-order chi connectivity index (χ0) is 19.9. The van der Waals surface area contributed by atoms with E-state index in [0.29, 0.717) is 0 Å². The monoisotopic (exact) mass is 377 g/mol. The quantitative estimate of drug-likeness (QED) is 0.404. The van der Waals surface area contributed by atoms with Gasteiger partial charge in [-0.1, -0.05) is 0 Å². The van der Waals surface area contributed by atoms with Crippen LogP contribution in [0.25, 0.3) is 0 Å². The summed E-state index contributed by atoms with van der Waals surface area (Å²) in [6.07, 6.45) is 0. The maximum atomic E-state index is 8.86. The van der Waals surface area contributed by atoms with Crippen molar-refractivity contribution in [1.82, 2.24) is 0 Å². The van der Waals surface area contributed by atoms with Crippen LogP contribution >= 0.6 is 0 Å². The van der Waals surface area contributed by atoms with E-state index in [1.165, 1.54) is 5.69 Å². The molecule has 0 saturated carbocycles. The van der Waals surface area contributed by atoms with Crippen molar-refractivity contribution in [2.24, 2.45) is 10.8 Å². The Morgan fingerprint density at radius 2 is 1.54 bits per heavy atom. The average Bonchev–Trinajstić information content (AvgIpc) is 2.74. The van der Waals surface area contributed by atoms with Gasteiger partial charge in [0.1, 0.15) is 11.8 Å². The van der Waals surface area contributed by atoms with Crippen LogP contribution in [-0.2, 0) is 0 Å². The van der Waals surface area contributed by atoms with Crippen molar-refractivity contribution < 1.29 is 4.74 Å². The summed E-state index contributed by atoms with van der Waals surface area (Å²) in [6, 6.07) is 17.7. The minimum Gasteiger partial charge on any atom is -0.497 e. The molecule has 2 aromatic carbocycles. The van der Waals surface area contributed by atoms with E-state index < -0.39 is 0 Å². The summed E-state index contributed by atoms with van der Waals surface area (Å²) in [5.74, 6) is 0.506. The summed E-state index contributed by atoms with van der Waals surface area (Å²) in [7, 11) is 1.67. The molecule has 0 bridgehead atoms. The third-order valence-corrected chi connectivity index (χ3v) is 4.61. The normalized spacial score (nSPS) is 14.4. The van der Waals surface area contributed by atoms with Crippen LogP contribution in [0.4, 0.5) is 17.1 Å². The fraction of sp³-hybridized carbons (Fsp3) is 0.250. The number of hydrazone groups is 1. The lowest BCUT2D eigenvalue weighted by molar-refractivity contribution is 0.415. The number of methoxy groups -OCH3 is 1. The lowest BCUT2D eigenvalue weighted by Crippen LogP contribution is -2.46. The predicted octanol–water partition coefficient (Wildman–Crippen LogP) is 2.25. The molecule has 0 amide bonds. The lowest BCUT2D eigenvalue weighted by atomic mass is 10.2. The number of nitrogens with zero attached hydrogens (tertiary/aromatic N) is 4. The molecule has 2 aromatic rings. The van der Waals surface area contributed by atoms with Gasteiger partial charge in [0.15, 0.2) is 5.84 Å². The molecule has 0 aromatic heterocycles. The van der Waals surface area contributed by atoms with Crippen molar-refractivity contribution in [3.05, 3.63) is 48.5 Å². The van der Waals surface area contributed by atoms with Gasteiger partial charge in [-0.3, -0.25) is 10.8 Å². The van der Waals surface area contributed by atoms with Gasteiger partial charge >= 0.3 is 0 Å². The fourth-order valence-electron chi connectivity index (χ4n) is 3.03. The Morgan fingerprint density at radius 1 is 1.04 bits per heavy atom. The number of piperazine rings is 1. The van der Waals surface area contributed by atoms with E-state index in [-0.39, 0.29) is 11.5 Å². The largest absolute Gasteiger partial charge is 0.497 e. The Hall–Kier alpha value is -3.73. The number of nitrogens with two attached hydrogens (primary N) is 1. The van der Waals surface area contributed by atoms with E-state index in [2.05, 4.69) is 32.5 Å². The van der Waals surface area contributed by atoms with Crippen LogP contribution in [0.5, 0.6) is 5.75 Å². The highest BCUT2D eigenvalue weighted by atomic mass is 16.5. The molecule has 4 N–H and O–H groups in total. The summed E-state index contributed by atoms with van der Waals surface area (Å²) in [5.41, 5.74) is 11.0. The van der Waals surface area contributed by atoms with Crippen LogP contribution in [0.1, 0.15) is 0 Å². The molecule has 0 aliphatic carbocycles. The molecule has 8 nitrogen and oxygen atoms in total. The van der Waals surface area contributed by atoms with E-state index in [4.69, 9.17) is 21.1 Å². The van der Waals surface area contributed by atoms with Crippen LogP contribution in [0.3, 0.4) is 0 Å². The second-order valence-electron chi connectivity index (χ2n) is 6.32. The summed E-state index contributed by atoms with van der Waals surface area (Å²) in [4.78, 5) is 4.70. The second kappa shape index (κ2) is 8.77. The van der Waals surface area contributed by atoms with Gasteiger partial charge in [-0.05, 0) is 48.5 Å². The number of anilines is 3. The molecule has 1 saturated heterocycles. The molecule has 0 atom stereocenters. The topological polar surface area (TPSA) is 114 Å². The maximum absolute atomic E-state index is 8.86. The van der Waals surface area contributed by atoms with E-state index in [0.717, 1.165) is 43.3 Å². The van der Waals surface area contributed by atoms with Gasteiger partial charge in [0.2, 0.25) is 5.71 Å². The average molecular weight is 377 g/mol. The minimum atomic E-state index is -0.360. The Morgan fingerprint density at radius 3 is 1.96 bits per heavy atom. The Labute approximate surface area is 164 Å². The second-order valence-corrected chi connectivity index (χ2v) is 6.32. The standard InChI is InChI=1S/C20H23N7O/c1-28-18-8-6-17(7-9-18)27-12-10-26(11-13-27)16-4-2-15(3-5-16)24-25-19(14-21)20(22)23/h2-9,24H,10-13H2,1H3,(H3,22,23)/b25-19+. The summed E-state index contributed by atoms with van der Waals surface area (Å²) in [6.45, 7) is 3.75. The fourth-order valence-corrected chi connectivity index (χ4v) is 3.03. The highest BCUT2D eigenvalue weighted by Gasteiger charge is 2.17. The molecule has 1 aliphatic rings. The summed E-state index contributed by atoms with van der Waals surface area (Å²) in [5, 5.41) is 19.9. The van der Waals surface area contributed by atoms with Crippen molar-refractivity contribution in [3.63, 3.8) is 0 Å². The third-order valence-electron chi connectivity index (χ3n) is 4.61. The first-order chi connectivity index (χ1) is 13.6. The van der Waals surface area contributed by atoms with Gasteiger partial charge < -0.3 is 20.3 Å². The van der Waals surface area contributed by atoms with Gasteiger partial charge in [0, 0.05) is 37.6 Å². The van der Waals surface area contributed by atoms with Crippen molar-refractivity contribution in [2.45, 2.75) is 0 Å². The van der Waals surface area contributed by atoms with Crippen molar-refractivity contribution in [2.75, 3.05) is 48.5 Å². The molecule has 8 heteroatoms. The van der Waals surface area contributed by atoms with Crippen molar-refractivity contribution >= 4 is 28.6 Å². The van der Waals surface area contributed by atoms with Gasteiger partial charge in [-0.15, -0.1) is 0 Å². The number of ether oxygens (including phenoxy) is 1. The third kappa shape index (κ3) is 4.51. The summed E-state index contributed by atoms with van der Waals surface area (Å²) < 4.78 is 5.22. The molecule has 0 spiro atoms. The molecule has 0 radical (unpaired) electrons. The van der Waals surface area contributed by atoms with Crippen LogP contribution in [0.2, 0.25) is 0 Å². The molecule has 0 unspecified atom stereocenters. The smallest absolute Gasteiger partial charge is 0.201 e. The number of rotatable bonds is 6. The minimum absolute atomic E-state index is 0.140. The maximum Gasteiger partial charge on any atom is 0.201 e. The number of nitrogens with one attached hydrogen (secondary N) is 2. The lowest BCUT2D eigenvalue weighted by Gasteiger charge is -2.37. The highest BCUT2D eigenvalue weighted by Crippen LogP contribution is 2.23. The Kier molecular flexibility index (Phi) is 5.97. The first-order valence-corrected chi connectivity index (χ1v) is 8.93. The van der Waals surface area contributed by atoms with Crippen LogP contribution in [-0.4, -0.2) is 44.8 Å². The van der Waals surface area contributed by atoms with E-state index >= 15 is 0 Å². The van der Waals surface area contributed by atoms with E-state index in [1.807, 2.05) is 36.4 Å². The molecule has 1 heterocycles. The number of nitriles is 1. The summed E-state index contributed by atoms with van der Waals surface area (Å²) >= 11 is 0. The molecule has 28 heavy (non-hydrogen) atoms. The van der Waals surface area contributed by atoms with Gasteiger partial charge in [0.05, 0.1) is 12.8 Å². The molecule has 1 aliphatic heterocycles. The van der Waals surface area contributed by atoms with E-state index in [1.54, 1.807) is 13.2 Å². The van der Waals surface area contributed by atoms with Crippen LogP contribution < -0.4 is 25.7 Å². The molecule has 3 rings (SSSR count). The zero-order valence-electron chi connectivity index (χ0n) is 15.7. The van der Waals surface area contributed by atoms with Crippen molar-refractivity contribution in [1.29, 1.82) is 10.7 Å². The van der Waals surface area contributed by atoms with Crippen molar-refractivity contribution in [3.8, 4) is 11.8 Å². The number of benzene rings is 2. The predicted molar refractivity (Wildman–Crippen MR) is 112 cm³/mol. The first kappa shape index (κ1) is 19.0. The molecule has 144 valence electrons. The number of hydrogen-bond donors (Lipinski definition) is 3. The van der Waals surface area contributed by atoms with Gasteiger partial charge in [0.25, 0.3) is 0 Å². The van der Waals surface area contributed by atoms with Gasteiger partial charge in [-0.2, -0.15) is 10.4 Å². The van der Waals surface area contributed by atoms with Crippen LogP contribution in [0.15, 0.2) is 53.6 Å². The zero-order valence-corrected chi connectivity index (χ0v) is 15.7. The number of hydrogen-bond acceptors (Lipinski definition) is 7. The van der Waals surface area contributed by atoms with Crippen LogP contribution in [0, 0.1) is 16.7 Å². The molecular formula is C20H23N7O.